The smallest absolute Gasteiger partial charge is 0.188 e. The van der Waals surface area contributed by atoms with E-state index in [-0.39, 0.29) is 0 Å². The Hall–Kier alpha value is -1.59. The Kier molecular flexibility index (Phi) is 7.90. The van der Waals surface area contributed by atoms with E-state index in [0.29, 0.717) is 12.0 Å². The Morgan fingerprint density at radius 2 is 2.22 bits per heavy atom. The summed E-state index contributed by atoms with van der Waals surface area (Å²) >= 11 is 0. The van der Waals surface area contributed by atoms with Gasteiger partial charge in [0.05, 0.1) is 6.54 Å². The van der Waals surface area contributed by atoms with Gasteiger partial charge in [0.2, 0.25) is 0 Å². The molecule has 3 N–H and O–H groups in total. The van der Waals surface area contributed by atoms with Crippen LogP contribution >= 0.6 is 0 Å². The van der Waals surface area contributed by atoms with Gasteiger partial charge in [-0.15, -0.1) is 0 Å². The SMILES string of the molecule is CCOCCCNC(N)=NCC1CCCN1Cc1ccccc1. The van der Waals surface area contributed by atoms with Crippen molar-refractivity contribution in [2.24, 2.45) is 10.7 Å². The highest BCUT2D eigenvalue weighted by molar-refractivity contribution is 5.77. The number of benzene rings is 1. The number of nitrogens with zero attached hydrogens (tertiary/aromatic N) is 2. The van der Waals surface area contributed by atoms with Crippen LogP contribution in [0.4, 0.5) is 0 Å². The van der Waals surface area contributed by atoms with E-state index < -0.39 is 0 Å². The fourth-order valence-electron chi connectivity index (χ4n) is 2.92. The number of hydrogen-bond acceptors (Lipinski definition) is 3. The molecule has 1 saturated heterocycles. The summed E-state index contributed by atoms with van der Waals surface area (Å²) in [7, 11) is 0. The van der Waals surface area contributed by atoms with Crippen molar-refractivity contribution in [3.8, 4) is 0 Å². The lowest BCUT2D eigenvalue weighted by atomic mass is 10.2. The van der Waals surface area contributed by atoms with E-state index in [2.05, 4.69) is 45.5 Å². The largest absolute Gasteiger partial charge is 0.382 e. The van der Waals surface area contributed by atoms with Gasteiger partial charge in [0.1, 0.15) is 0 Å². The molecule has 1 fully saturated rings. The highest BCUT2D eigenvalue weighted by Crippen LogP contribution is 2.20. The zero-order chi connectivity index (χ0) is 16.3. The van der Waals surface area contributed by atoms with Crippen LogP contribution in [0.25, 0.3) is 0 Å². The van der Waals surface area contributed by atoms with Crippen molar-refractivity contribution >= 4 is 5.96 Å². The number of aliphatic imine (C=N–C) groups is 1. The predicted molar refractivity (Wildman–Crippen MR) is 95.5 cm³/mol. The van der Waals surface area contributed by atoms with Gasteiger partial charge < -0.3 is 15.8 Å². The third-order valence-electron chi connectivity index (χ3n) is 4.18. The molecular weight excluding hydrogens is 288 g/mol. The molecule has 0 saturated carbocycles. The van der Waals surface area contributed by atoms with Crippen LogP contribution in [0, 0.1) is 0 Å². The lowest BCUT2D eigenvalue weighted by Gasteiger charge is -2.23. The van der Waals surface area contributed by atoms with Crippen LogP contribution in [0.15, 0.2) is 35.3 Å². The third kappa shape index (κ3) is 6.59. The fourth-order valence-corrected chi connectivity index (χ4v) is 2.92. The van der Waals surface area contributed by atoms with E-state index in [9.17, 15) is 0 Å². The molecule has 2 rings (SSSR count). The molecule has 128 valence electrons. The van der Waals surface area contributed by atoms with Crippen LogP contribution in [-0.2, 0) is 11.3 Å². The molecule has 1 unspecified atom stereocenters. The average molecular weight is 318 g/mol. The minimum Gasteiger partial charge on any atom is -0.382 e. The molecule has 23 heavy (non-hydrogen) atoms. The minimum absolute atomic E-state index is 0.499. The molecule has 1 aromatic carbocycles. The Morgan fingerprint density at radius 3 is 3.00 bits per heavy atom. The summed E-state index contributed by atoms with van der Waals surface area (Å²) in [5.74, 6) is 0.549. The number of guanidine groups is 1. The molecule has 1 aliphatic heterocycles. The topological polar surface area (TPSA) is 62.9 Å². The van der Waals surface area contributed by atoms with Crippen LogP contribution in [0.2, 0.25) is 0 Å². The van der Waals surface area contributed by atoms with E-state index >= 15 is 0 Å². The Labute approximate surface area is 139 Å². The Bertz CT molecular complexity index is 463. The summed E-state index contributed by atoms with van der Waals surface area (Å²) in [4.78, 5) is 7.03. The lowest BCUT2D eigenvalue weighted by molar-refractivity contribution is 0.145. The lowest BCUT2D eigenvalue weighted by Crippen LogP contribution is -2.36. The van der Waals surface area contributed by atoms with Crippen molar-refractivity contribution in [2.75, 3.05) is 32.8 Å². The fraction of sp³-hybridized carbons (Fsp3) is 0.611. The van der Waals surface area contributed by atoms with Crippen molar-refractivity contribution in [1.82, 2.24) is 10.2 Å². The molecule has 0 radical (unpaired) electrons. The third-order valence-corrected chi connectivity index (χ3v) is 4.18. The number of rotatable bonds is 9. The van der Waals surface area contributed by atoms with Crippen molar-refractivity contribution in [2.45, 2.75) is 38.8 Å². The molecule has 1 heterocycles. The minimum atomic E-state index is 0.499. The maximum absolute atomic E-state index is 5.94. The molecule has 0 aromatic heterocycles. The number of likely N-dealkylation sites (tertiary alicyclic amines) is 1. The first kappa shape index (κ1) is 17.8. The number of nitrogens with two attached hydrogens (primary N) is 1. The first-order valence-electron chi connectivity index (χ1n) is 8.69. The molecule has 0 aliphatic carbocycles. The van der Waals surface area contributed by atoms with Gasteiger partial charge in [-0.3, -0.25) is 9.89 Å². The van der Waals surface area contributed by atoms with Crippen molar-refractivity contribution in [3.05, 3.63) is 35.9 Å². The molecule has 0 amide bonds. The van der Waals surface area contributed by atoms with Gasteiger partial charge in [0.15, 0.2) is 5.96 Å². The highest BCUT2D eigenvalue weighted by atomic mass is 16.5. The van der Waals surface area contributed by atoms with Gasteiger partial charge in [-0.05, 0) is 38.3 Å². The van der Waals surface area contributed by atoms with E-state index in [0.717, 1.165) is 45.8 Å². The second-order valence-corrected chi connectivity index (χ2v) is 5.96. The first-order chi connectivity index (χ1) is 11.3. The first-order valence-corrected chi connectivity index (χ1v) is 8.69. The second-order valence-electron chi connectivity index (χ2n) is 5.96. The number of hydrogen-bond donors (Lipinski definition) is 2. The second kappa shape index (κ2) is 10.2. The van der Waals surface area contributed by atoms with Gasteiger partial charge in [-0.1, -0.05) is 30.3 Å². The molecule has 1 atom stereocenters. The standard InChI is InChI=1S/C18H30N4O/c1-2-23-13-7-11-20-18(19)21-14-17-10-6-12-22(17)15-16-8-4-3-5-9-16/h3-5,8-9,17H,2,6-7,10-15H2,1H3,(H3,19,20,21). The van der Waals surface area contributed by atoms with E-state index in [1.807, 2.05) is 6.92 Å². The Balaban J connectivity index is 1.71. The summed E-state index contributed by atoms with van der Waals surface area (Å²) in [5, 5.41) is 3.16. The molecular formula is C18H30N4O. The van der Waals surface area contributed by atoms with E-state index in [1.165, 1.54) is 18.4 Å². The normalized spacial score (nSPS) is 19.2. The molecule has 5 heteroatoms. The van der Waals surface area contributed by atoms with Crippen molar-refractivity contribution < 1.29 is 4.74 Å². The highest BCUT2D eigenvalue weighted by Gasteiger charge is 2.24. The van der Waals surface area contributed by atoms with Gasteiger partial charge >= 0.3 is 0 Å². The van der Waals surface area contributed by atoms with Crippen LogP contribution < -0.4 is 11.1 Å². The zero-order valence-corrected chi connectivity index (χ0v) is 14.2. The van der Waals surface area contributed by atoms with Crippen LogP contribution in [-0.4, -0.2) is 49.7 Å². The van der Waals surface area contributed by atoms with Crippen LogP contribution in [0.1, 0.15) is 31.7 Å². The summed E-state index contributed by atoms with van der Waals surface area (Å²) in [5.41, 5.74) is 7.31. The van der Waals surface area contributed by atoms with Crippen LogP contribution in [0.5, 0.6) is 0 Å². The van der Waals surface area contributed by atoms with Gasteiger partial charge in [-0.2, -0.15) is 0 Å². The summed E-state index contributed by atoms with van der Waals surface area (Å²) < 4.78 is 5.30. The van der Waals surface area contributed by atoms with Crippen molar-refractivity contribution in [3.63, 3.8) is 0 Å². The summed E-state index contributed by atoms with van der Waals surface area (Å²) in [6, 6.07) is 11.1. The molecule has 1 aliphatic rings. The maximum atomic E-state index is 5.94. The van der Waals surface area contributed by atoms with Gasteiger partial charge in [-0.25, -0.2) is 0 Å². The van der Waals surface area contributed by atoms with Gasteiger partial charge in [0.25, 0.3) is 0 Å². The summed E-state index contributed by atoms with van der Waals surface area (Å²) in [6.07, 6.45) is 3.40. The van der Waals surface area contributed by atoms with Gasteiger partial charge in [0, 0.05) is 32.3 Å². The monoisotopic (exact) mass is 318 g/mol. The number of nitrogens with one attached hydrogen (secondary N) is 1. The molecule has 5 nitrogen and oxygen atoms in total. The van der Waals surface area contributed by atoms with Crippen molar-refractivity contribution in [1.29, 1.82) is 0 Å². The molecule has 0 spiro atoms. The average Bonchev–Trinajstić information content (AvgIpc) is 3.01. The summed E-state index contributed by atoms with van der Waals surface area (Å²) in [6.45, 7) is 7.28. The van der Waals surface area contributed by atoms with E-state index in [1.54, 1.807) is 0 Å². The zero-order valence-electron chi connectivity index (χ0n) is 14.2. The van der Waals surface area contributed by atoms with Crippen LogP contribution in [0.3, 0.4) is 0 Å². The Morgan fingerprint density at radius 1 is 1.39 bits per heavy atom. The molecule has 0 bridgehead atoms. The number of ether oxygens (including phenoxy) is 1. The van der Waals surface area contributed by atoms with E-state index in [4.69, 9.17) is 10.5 Å². The quantitative estimate of drug-likeness (QED) is 0.415. The molecule has 1 aromatic rings. The predicted octanol–water partition coefficient (Wildman–Crippen LogP) is 1.98. The maximum Gasteiger partial charge on any atom is 0.188 e.